The van der Waals surface area contributed by atoms with E-state index in [1.807, 2.05) is 0 Å². The summed E-state index contributed by atoms with van der Waals surface area (Å²) >= 11 is 0. The number of aryl methyl sites for hydroxylation is 2. The zero-order valence-corrected chi connectivity index (χ0v) is 10.2. The standard InChI is InChI=1S/C14H20O2/c1-11-7-12(2)9-14(8-11)16-10-13-3-5-15-6-4-13/h7-9,13H,3-6,10H2,1-2H3. The fraction of sp³-hybridized carbons (Fsp3) is 0.571. The number of benzene rings is 1. The average Bonchev–Trinajstić information content (AvgIpc) is 2.27. The van der Waals surface area contributed by atoms with Crippen LogP contribution in [0.5, 0.6) is 5.75 Å². The average molecular weight is 220 g/mol. The van der Waals surface area contributed by atoms with E-state index in [4.69, 9.17) is 9.47 Å². The Hall–Kier alpha value is -1.02. The first-order valence-electron chi connectivity index (χ1n) is 6.03. The Morgan fingerprint density at radius 3 is 2.38 bits per heavy atom. The van der Waals surface area contributed by atoms with E-state index in [9.17, 15) is 0 Å². The lowest BCUT2D eigenvalue weighted by atomic mass is 10.0. The Morgan fingerprint density at radius 2 is 1.75 bits per heavy atom. The summed E-state index contributed by atoms with van der Waals surface area (Å²) in [7, 11) is 0. The first-order chi connectivity index (χ1) is 7.74. The van der Waals surface area contributed by atoms with Crippen molar-refractivity contribution in [3.05, 3.63) is 29.3 Å². The summed E-state index contributed by atoms with van der Waals surface area (Å²) in [5.41, 5.74) is 2.53. The van der Waals surface area contributed by atoms with Crippen LogP contribution in [0.1, 0.15) is 24.0 Å². The molecule has 1 saturated heterocycles. The lowest BCUT2D eigenvalue weighted by Crippen LogP contribution is -2.21. The molecule has 2 rings (SSSR count). The quantitative estimate of drug-likeness (QED) is 0.779. The van der Waals surface area contributed by atoms with Gasteiger partial charge in [0, 0.05) is 13.2 Å². The van der Waals surface area contributed by atoms with Crippen molar-refractivity contribution >= 4 is 0 Å². The van der Waals surface area contributed by atoms with Gasteiger partial charge >= 0.3 is 0 Å². The van der Waals surface area contributed by atoms with Crippen LogP contribution in [-0.2, 0) is 4.74 Å². The van der Waals surface area contributed by atoms with E-state index in [2.05, 4.69) is 32.0 Å². The zero-order valence-electron chi connectivity index (χ0n) is 10.2. The molecule has 0 radical (unpaired) electrons. The summed E-state index contributed by atoms with van der Waals surface area (Å²) in [6.07, 6.45) is 2.26. The number of rotatable bonds is 3. The largest absolute Gasteiger partial charge is 0.493 e. The molecule has 0 bridgehead atoms. The minimum absolute atomic E-state index is 0.662. The summed E-state index contributed by atoms with van der Waals surface area (Å²) in [5, 5.41) is 0. The number of hydrogen-bond donors (Lipinski definition) is 0. The third-order valence-electron chi connectivity index (χ3n) is 3.02. The van der Waals surface area contributed by atoms with Gasteiger partial charge in [0.2, 0.25) is 0 Å². The predicted octanol–water partition coefficient (Wildman–Crippen LogP) is 3.11. The van der Waals surface area contributed by atoms with Crippen molar-refractivity contribution in [1.82, 2.24) is 0 Å². The number of hydrogen-bond acceptors (Lipinski definition) is 2. The molecule has 0 unspecified atom stereocenters. The van der Waals surface area contributed by atoms with Gasteiger partial charge in [0.25, 0.3) is 0 Å². The molecular formula is C14H20O2. The first-order valence-corrected chi connectivity index (χ1v) is 6.03. The lowest BCUT2D eigenvalue weighted by molar-refractivity contribution is 0.0497. The topological polar surface area (TPSA) is 18.5 Å². The second-order valence-corrected chi connectivity index (χ2v) is 4.69. The Balaban J connectivity index is 1.88. The number of ether oxygens (including phenoxy) is 2. The van der Waals surface area contributed by atoms with Crippen molar-refractivity contribution in [2.75, 3.05) is 19.8 Å². The van der Waals surface area contributed by atoms with E-state index in [-0.39, 0.29) is 0 Å². The molecule has 0 aromatic heterocycles. The Bertz CT molecular complexity index is 320. The molecule has 1 heterocycles. The molecule has 16 heavy (non-hydrogen) atoms. The maximum absolute atomic E-state index is 5.85. The van der Waals surface area contributed by atoms with E-state index in [0.717, 1.165) is 38.4 Å². The molecule has 0 amide bonds. The van der Waals surface area contributed by atoms with Crippen molar-refractivity contribution < 1.29 is 9.47 Å². The van der Waals surface area contributed by atoms with Crippen LogP contribution in [0.2, 0.25) is 0 Å². The fourth-order valence-electron chi connectivity index (χ4n) is 2.14. The normalized spacial score (nSPS) is 17.4. The zero-order chi connectivity index (χ0) is 11.4. The first kappa shape index (κ1) is 11.5. The molecule has 1 aromatic rings. The second-order valence-electron chi connectivity index (χ2n) is 4.69. The van der Waals surface area contributed by atoms with Gasteiger partial charge in [0.05, 0.1) is 6.61 Å². The van der Waals surface area contributed by atoms with Crippen LogP contribution in [0.4, 0.5) is 0 Å². The molecule has 0 saturated carbocycles. The van der Waals surface area contributed by atoms with Gasteiger partial charge in [-0.1, -0.05) is 6.07 Å². The molecule has 0 atom stereocenters. The van der Waals surface area contributed by atoms with Gasteiger partial charge in [0.1, 0.15) is 5.75 Å². The van der Waals surface area contributed by atoms with Crippen molar-refractivity contribution in [3.8, 4) is 5.75 Å². The summed E-state index contributed by atoms with van der Waals surface area (Å²) in [4.78, 5) is 0. The van der Waals surface area contributed by atoms with E-state index >= 15 is 0 Å². The Kier molecular flexibility index (Phi) is 3.83. The van der Waals surface area contributed by atoms with Crippen LogP contribution in [0.15, 0.2) is 18.2 Å². The predicted molar refractivity (Wildman–Crippen MR) is 65.0 cm³/mol. The third kappa shape index (κ3) is 3.24. The van der Waals surface area contributed by atoms with Crippen molar-refractivity contribution in [1.29, 1.82) is 0 Å². The van der Waals surface area contributed by atoms with Crippen molar-refractivity contribution in [2.24, 2.45) is 5.92 Å². The molecule has 0 N–H and O–H groups in total. The highest BCUT2D eigenvalue weighted by Crippen LogP contribution is 2.20. The molecule has 0 aliphatic carbocycles. The van der Waals surface area contributed by atoms with Crippen LogP contribution >= 0.6 is 0 Å². The van der Waals surface area contributed by atoms with Crippen LogP contribution in [0.25, 0.3) is 0 Å². The molecule has 0 spiro atoms. The minimum atomic E-state index is 0.662. The summed E-state index contributed by atoms with van der Waals surface area (Å²) in [6, 6.07) is 6.37. The molecule has 2 nitrogen and oxygen atoms in total. The van der Waals surface area contributed by atoms with Gasteiger partial charge < -0.3 is 9.47 Å². The lowest BCUT2D eigenvalue weighted by Gasteiger charge is -2.22. The Morgan fingerprint density at radius 1 is 1.12 bits per heavy atom. The van der Waals surface area contributed by atoms with Gasteiger partial charge in [0.15, 0.2) is 0 Å². The van der Waals surface area contributed by atoms with Gasteiger partial charge in [-0.25, -0.2) is 0 Å². The van der Waals surface area contributed by atoms with Gasteiger partial charge in [-0.2, -0.15) is 0 Å². The van der Waals surface area contributed by atoms with Gasteiger partial charge in [-0.3, -0.25) is 0 Å². The van der Waals surface area contributed by atoms with Crippen molar-refractivity contribution in [2.45, 2.75) is 26.7 Å². The highest BCUT2D eigenvalue weighted by Gasteiger charge is 2.14. The van der Waals surface area contributed by atoms with E-state index in [1.165, 1.54) is 11.1 Å². The molecular weight excluding hydrogens is 200 g/mol. The molecule has 1 aromatic carbocycles. The second kappa shape index (κ2) is 5.35. The molecule has 88 valence electrons. The molecule has 1 aliphatic heterocycles. The minimum Gasteiger partial charge on any atom is -0.493 e. The van der Waals surface area contributed by atoms with Gasteiger partial charge in [-0.05, 0) is 55.9 Å². The highest BCUT2D eigenvalue weighted by molar-refractivity contribution is 5.32. The van der Waals surface area contributed by atoms with Crippen LogP contribution < -0.4 is 4.74 Å². The van der Waals surface area contributed by atoms with Crippen LogP contribution in [0.3, 0.4) is 0 Å². The summed E-state index contributed by atoms with van der Waals surface area (Å²) in [5.74, 6) is 1.67. The maximum atomic E-state index is 5.85. The van der Waals surface area contributed by atoms with Gasteiger partial charge in [-0.15, -0.1) is 0 Å². The van der Waals surface area contributed by atoms with E-state index in [1.54, 1.807) is 0 Å². The SMILES string of the molecule is Cc1cc(C)cc(OCC2CCOCC2)c1. The van der Waals surface area contributed by atoms with E-state index < -0.39 is 0 Å². The fourth-order valence-corrected chi connectivity index (χ4v) is 2.14. The van der Waals surface area contributed by atoms with Crippen LogP contribution in [-0.4, -0.2) is 19.8 Å². The third-order valence-corrected chi connectivity index (χ3v) is 3.02. The molecule has 1 aliphatic rings. The van der Waals surface area contributed by atoms with Crippen LogP contribution in [0, 0.1) is 19.8 Å². The monoisotopic (exact) mass is 220 g/mol. The van der Waals surface area contributed by atoms with E-state index in [0.29, 0.717) is 5.92 Å². The summed E-state index contributed by atoms with van der Waals surface area (Å²) in [6.45, 7) is 6.82. The summed E-state index contributed by atoms with van der Waals surface area (Å²) < 4.78 is 11.2. The maximum Gasteiger partial charge on any atom is 0.119 e. The Labute approximate surface area is 97.6 Å². The van der Waals surface area contributed by atoms with Crippen molar-refractivity contribution in [3.63, 3.8) is 0 Å². The molecule has 1 fully saturated rings. The smallest absolute Gasteiger partial charge is 0.119 e. The molecule has 2 heteroatoms. The highest BCUT2D eigenvalue weighted by atomic mass is 16.5.